The van der Waals surface area contributed by atoms with Gasteiger partial charge in [-0.05, 0) is 6.42 Å². The number of nitrogens with two attached hydrogens (primary N) is 1. The Labute approximate surface area is 103 Å². The average molecular weight is 250 g/mol. The highest BCUT2D eigenvalue weighted by atomic mass is 16.4. The van der Waals surface area contributed by atoms with E-state index in [1.165, 1.54) is 4.68 Å². The zero-order valence-corrected chi connectivity index (χ0v) is 10.4. The van der Waals surface area contributed by atoms with E-state index in [1.807, 2.05) is 6.92 Å². The Hall–Kier alpha value is -2.38. The highest BCUT2D eigenvalue weighted by molar-refractivity contribution is 6.05. The van der Waals surface area contributed by atoms with Crippen LogP contribution < -0.4 is 11.1 Å². The molecule has 0 saturated heterocycles. The monoisotopic (exact) mass is 250 g/mol. The Morgan fingerprint density at radius 3 is 2.72 bits per heavy atom. The molecule has 2 aromatic rings. The van der Waals surface area contributed by atoms with Crippen molar-refractivity contribution >= 4 is 17.6 Å². The van der Waals surface area contributed by atoms with E-state index in [4.69, 9.17) is 10.2 Å². The molecule has 2 aromatic heterocycles. The lowest BCUT2D eigenvalue weighted by atomic mass is 10.2. The standard InChI is InChI=1S/C10H14N6O2/c1-4-6-7(11)8(16(3)15-6)9(17)12-10-14-13-5(2)18-10/h4,11H2,1-3H3,(H,12,14,17). The van der Waals surface area contributed by atoms with E-state index in [9.17, 15) is 4.79 Å². The van der Waals surface area contributed by atoms with Crippen LogP contribution in [-0.2, 0) is 13.5 Å². The minimum absolute atomic E-state index is 0.0381. The molecule has 8 heteroatoms. The first-order valence-corrected chi connectivity index (χ1v) is 5.45. The molecule has 0 spiro atoms. The van der Waals surface area contributed by atoms with Gasteiger partial charge in [0.15, 0.2) is 0 Å². The van der Waals surface area contributed by atoms with Gasteiger partial charge in [0.2, 0.25) is 5.89 Å². The van der Waals surface area contributed by atoms with Crippen molar-refractivity contribution in [3.63, 3.8) is 0 Å². The number of nitrogens with one attached hydrogen (secondary N) is 1. The fourth-order valence-electron chi connectivity index (χ4n) is 1.63. The summed E-state index contributed by atoms with van der Waals surface area (Å²) in [6.45, 7) is 3.55. The number of nitrogens with zero attached hydrogens (tertiary/aromatic N) is 4. The molecule has 0 bridgehead atoms. The first-order chi connectivity index (χ1) is 8.52. The molecule has 2 heterocycles. The second-order valence-electron chi connectivity index (χ2n) is 3.77. The number of hydrogen-bond donors (Lipinski definition) is 2. The third-order valence-electron chi connectivity index (χ3n) is 2.46. The number of carbonyl (C=O) groups is 1. The first-order valence-electron chi connectivity index (χ1n) is 5.45. The van der Waals surface area contributed by atoms with Crippen molar-refractivity contribution in [2.75, 3.05) is 11.1 Å². The molecule has 1 amide bonds. The van der Waals surface area contributed by atoms with Crippen LogP contribution in [0.2, 0.25) is 0 Å². The maximum Gasteiger partial charge on any atom is 0.322 e. The number of aryl methyl sites for hydroxylation is 3. The van der Waals surface area contributed by atoms with Crippen LogP contribution in [-0.4, -0.2) is 25.9 Å². The summed E-state index contributed by atoms with van der Waals surface area (Å²) in [6, 6.07) is 0.0381. The van der Waals surface area contributed by atoms with Gasteiger partial charge in [-0.3, -0.25) is 14.8 Å². The van der Waals surface area contributed by atoms with E-state index < -0.39 is 5.91 Å². The van der Waals surface area contributed by atoms with Gasteiger partial charge in [-0.2, -0.15) is 5.10 Å². The normalized spacial score (nSPS) is 10.6. The molecular formula is C10H14N6O2. The maximum atomic E-state index is 12.0. The quantitative estimate of drug-likeness (QED) is 0.820. The van der Waals surface area contributed by atoms with Crippen LogP contribution in [0.25, 0.3) is 0 Å². The number of amides is 1. The second kappa shape index (κ2) is 4.47. The SMILES string of the molecule is CCc1nn(C)c(C(=O)Nc2nnc(C)o2)c1N. The lowest BCUT2D eigenvalue weighted by Crippen LogP contribution is -2.17. The van der Waals surface area contributed by atoms with Crippen LogP contribution in [0.1, 0.15) is 29.0 Å². The minimum Gasteiger partial charge on any atom is -0.408 e. The summed E-state index contributed by atoms with van der Waals surface area (Å²) in [6.07, 6.45) is 0.659. The topological polar surface area (TPSA) is 112 Å². The van der Waals surface area contributed by atoms with Crippen molar-refractivity contribution in [2.45, 2.75) is 20.3 Å². The van der Waals surface area contributed by atoms with Gasteiger partial charge in [-0.25, -0.2) is 0 Å². The maximum absolute atomic E-state index is 12.0. The zero-order chi connectivity index (χ0) is 13.3. The van der Waals surface area contributed by atoms with E-state index in [0.717, 1.165) is 0 Å². The molecular weight excluding hydrogens is 236 g/mol. The summed E-state index contributed by atoms with van der Waals surface area (Å²) in [5.41, 5.74) is 7.20. The van der Waals surface area contributed by atoms with Gasteiger partial charge in [0.25, 0.3) is 5.91 Å². The van der Waals surface area contributed by atoms with Gasteiger partial charge in [0, 0.05) is 14.0 Å². The smallest absolute Gasteiger partial charge is 0.322 e. The van der Waals surface area contributed by atoms with E-state index in [1.54, 1.807) is 14.0 Å². The Morgan fingerprint density at radius 1 is 1.50 bits per heavy atom. The number of aromatic nitrogens is 4. The van der Waals surface area contributed by atoms with Gasteiger partial charge < -0.3 is 10.2 Å². The molecule has 0 atom stereocenters. The Balaban J connectivity index is 2.26. The fraction of sp³-hybridized carbons (Fsp3) is 0.400. The highest BCUT2D eigenvalue weighted by Gasteiger charge is 2.20. The molecule has 96 valence electrons. The molecule has 0 unspecified atom stereocenters. The summed E-state index contributed by atoms with van der Waals surface area (Å²) in [4.78, 5) is 12.0. The molecule has 0 saturated carbocycles. The predicted molar refractivity (Wildman–Crippen MR) is 64.0 cm³/mol. The van der Waals surface area contributed by atoms with Crippen LogP contribution in [0.5, 0.6) is 0 Å². The molecule has 3 N–H and O–H groups in total. The molecule has 18 heavy (non-hydrogen) atoms. The molecule has 0 fully saturated rings. The number of rotatable bonds is 3. The fourth-order valence-corrected chi connectivity index (χ4v) is 1.63. The van der Waals surface area contributed by atoms with Crippen molar-refractivity contribution in [1.82, 2.24) is 20.0 Å². The van der Waals surface area contributed by atoms with Crippen molar-refractivity contribution < 1.29 is 9.21 Å². The van der Waals surface area contributed by atoms with Crippen molar-refractivity contribution in [3.05, 3.63) is 17.3 Å². The van der Waals surface area contributed by atoms with Crippen LogP contribution >= 0.6 is 0 Å². The second-order valence-corrected chi connectivity index (χ2v) is 3.77. The predicted octanol–water partition coefficient (Wildman–Crippen LogP) is 0.508. The summed E-state index contributed by atoms with van der Waals surface area (Å²) < 4.78 is 6.50. The van der Waals surface area contributed by atoms with E-state index in [-0.39, 0.29) is 11.7 Å². The summed E-state index contributed by atoms with van der Waals surface area (Å²) in [5.74, 6) is -0.0524. The largest absolute Gasteiger partial charge is 0.408 e. The Kier molecular flexibility index (Phi) is 3.00. The van der Waals surface area contributed by atoms with Gasteiger partial charge in [-0.15, -0.1) is 5.10 Å². The third kappa shape index (κ3) is 2.04. The Morgan fingerprint density at radius 2 is 2.22 bits per heavy atom. The van der Waals surface area contributed by atoms with Crippen LogP contribution in [0, 0.1) is 6.92 Å². The average Bonchev–Trinajstić information content (AvgIpc) is 2.83. The number of nitrogen functional groups attached to an aromatic ring is 1. The zero-order valence-electron chi connectivity index (χ0n) is 10.4. The molecule has 0 radical (unpaired) electrons. The van der Waals surface area contributed by atoms with Gasteiger partial charge in [-0.1, -0.05) is 12.0 Å². The van der Waals surface area contributed by atoms with Crippen molar-refractivity contribution in [1.29, 1.82) is 0 Å². The molecule has 0 aliphatic carbocycles. The van der Waals surface area contributed by atoms with Crippen LogP contribution in [0.15, 0.2) is 4.42 Å². The highest BCUT2D eigenvalue weighted by Crippen LogP contribution is 2.18. The molecule has 0 aliphatic rings. The van der Waals surface area contributed by atoms with Gasteiger partial charge in [0.05, 0.1) is 11.4 Å². The summed E-state index contributed by atoms with van der Waals surface area (Å²) >= 11 is 0. The lowest BCUT2D eigenvalue weighted by molar-refractivity contribution is 0.101. The molecule has 2 rings (SSSR count). The number of anilines is 2. The van der Waals surface area contributed by atoms with E-state index >= 15 is 0 Å². The number of carbonyl (C=O) groups excluding carboxylic acids is 1. The molecule has 8 nitrogen and oxygen atoms in total. The van der Waals surface area contributed by atoms with Crippen LogP contribution in [0.4, 0.5) is 11.7 Å². The van der Waals surface area contributed by atoms with Gasteiger partial charge >= 0.3 is 6.01 Å². The summed E-state index contributed by atoms with van der Waals surface area (Å²) in [5, 5.41) is 13.9. The number of hydrogen-bond acceptors (Lipinski definition) is 6. The Bertz CT molecular complexity index is 585. The van der Waals surface area contributed by atoms with Crippen molar-refractivity contribution in [3.8, 4) is 0 Å². The molecule has 0 aliphatic heterocycles. The lowest BCUT2D eigenvalue weighted by Gasteiger charge is -2.01. The van der Waals surface area contributed by atoms with E-state index in [2.05, 4.69) is 20.6 Å². The molecule has 0 aromatic carbocycles. The van der Waals surface area contributed by atoms with Crippen LogP contribution in [0.3, 0.4) is 0 Å². The summed E-state index contributed by atoms with van der Waals surface area (Å²) in [7, 11) is 1.66. The third-order valence-corrected chi connectivity index (χ3v) is 2.46. The first kappa shape index (κ1) is 12.1. The van der Waals surface area contributed by atoms with E-state index in [0.29, 0.717) is 23.7 Å². The van der Waals surface area contributed by atoms with Crippen molar-refractivity contribution in [2.24, 2.45) is 7.05 Å². The van der Waals surface area contributed by atoms with Gasteiger partial charge in [0.1, 0.15) is 5.69 Å². The minimum atomic E-state index is -0.425.